The van der Waals surface area contributed by atoms with Gasteiger partial charge in [0.15, 0.2) is 5.76 Å². The topological polar surface area (TPSA) is 99.4 Å². The molecule has 2 aromatic heterocycles. The first-order chi connectivity index (χ1) is 16.1. The maximum absolute atomic E-state index is 13.0. The average molecular weight is 440 g/mol. The van der Waals surface area contributed by atoms with E-state index >= 15 is 0 Å². The second-order valence-electron chi connectivity index (χ2n) is 7.59. The van der Waals surface area contributed by atoms with Gasteiger partial charge in [-0.25, -0.2) is 9.97 Å². The summed E-state index contributed by atoms with van der Waals surface area (Å²) in [7, 11) is 0. The number of para-hydroxylation sites is 1. The number of pyridine rings is 1. The summed E-state index contributed by atoms with van der Waals surface area (Å²) in [6, 6.07) is 21.4. The van der Waals surface area contributed by atoms with Gasteiger partial charge < -0.3 is 9.15 Å². The minimum Gasteiger partial charge on any atom is -0.457 e. The third kappa shape index (κ3) is 5.11. The molecule has 0 aliphatic heterocycles. The Hall–Kier alpha value is -4.35. The molecule has 0 bridgehead atoms. The van der Waals surface area contributed by atoms with Gasteiger partial charge in [-0.05, 0) is 67.3 Å². The summed E-state index contributed by atoms with van der Waals surface area (Å²) in [4.78, 5) is 37.9. The highest BCUT2D eigenvalue weighted by Crippen LogP contribution is 2.33. The lowest BCUT2D eigenvalue weighted by Crippen LogP contribution is -2.15. The number of carbonyl (C=O) groups is 1. The molecule has 4 aromatic rings. The maximum atomic E-state index is 13.0. The number of aromatic nitrogens is 2. The first-order valence-electron chi connectivity index (χ1n) is 10.4. The number of oxazole rings is 1. The summed E-state index contributed by atoms with van der Waals surface area (Å²) in [6.07, 6.45) is 3.16. The van der Waals surface area contributed by atoms with Crippen LogP contribution in [0.1, 0.15) is 27.5 Å². The van der Waals surface area contributed by atoms with Gasteiger partial charge in [0.05, 0.1) is 6.20 Å². The van der Waals surface area contributed by atoms with Crippen LogP contribution in [0.15, 0.2) is 77.3 Å². The molecule has 1 unspecified atom stereocenters. The van der Waals surface area contributed by atoms with E-state index in [2.05, 4.69) is 9.97 Å². The lowest BCUT2D eigenvalue weighted by molar-refractivity contribution is -0.191. The number of ether oxygens (including phenoxy) is 1. The van der Waals surface area contributed by atoms with Gasteiger partial charge in [-0.3, -0.25) is 4.79 Å². The van der Waals surface area contributed by atoms with Crippen molar-refractivity contribution in [2.24, 2.45) is 5.92 Å². The van der Waals surface area contributed by atoms with Gasteiger partial charge in [0.2, 0.25) is 5.78 Å². The van der Waals surface area contributed by atoms with Gasteiger partial charge in [0, 0.05) is 11.6 Å². The van der Waals surface area contributed by atoms with E-state index in [1.54, 1.807) is 6.20 Å². The van der Waals surface area contributed by atoms with Crippen LogP contribution < -0.4 is 4.74 Å². The standard InChI is InChI=1S/C25H20N2O3.CO2/c1-16-6-5-9-22(27-16)23-15-26-25(30-23)24(28)19-12-17-10-11-21(14-18(17)13-19)29-20-7-3-2-4-8-20;2-1-3/h2-11,14-15,19H,12-13H2,1H3;. The third-order valence-corrected chi connectivity index (χ3v) is 5.32. The second-order valence-corrected chi connectivity index (χ2v) is 7.59. The molecule has 0 N–H and O–H groups in total. The Kier molecular flexibility index (Phi) is 6.53. The van der Waals surface area contributed by atoms with E-state index < -0.39 is 0 Å². The van der Waals surface area contributed by atoms with E-state index in [-0.39, 0.29) is 23.7 Å². The first kappa shape index (κ1) is 21.9. The number of hydrogen-bond acceptors (Lipinski definition) is 7. The number of benzene rings is 2. The van der Waals surface area contributed by atoms with Crippen molar-refractivity contribution in [2.45, 2.75) is 19.8 Å². The van der Waals surface area contributed by atoms with Crippen LogP contribution in [0.4, 0.5) is 0 Å². The van der Waals surface area contributed by atoms with Crippen LogP contribution in [-0.2, 0) is 22.4 Å². The molecule has 0 radical (unpaired) electrons. The quantitative estimate of drug-likeness (QED) is 0.409. The molecular formula is C26H20N2O5. The second kappa shape index (κ2) is 9.85. The molecular weight excluding hydrogens is 420 g/mol. The van der Waals surface area contributed by atoms with Crippen LogP contribution in [0.2, 0.25) is 0 Å². The van der Waals surface area contributed by atoms with E-state index in [4.69, 9.17) is 18.7 Å². The van der Waals surface area contributed by atoms with Crippen molar-refractivity contribution >= 4 is 11.9 Å². The molecule has 7 nitrogen and oxygen atoms in total. The molecule has 1 aliphatic rings. The van der Waals surface area contributed by atoms with Gasteiger partial charge in [0.1, 0.15) is 17.2 Å². The summed E-state index contributed by atoms with van der Waals surface area (Å²) >= 11 is 0. The number of hydrogen-bond donors (Lipinski definition) is 0. The lowest BCUT2D eigenvalue weighted by Gasteiger charge is -2.07. The smallest absolute Gasteiger partial charge is 0.373 e. The molecule has 0 spiro atoms. The van der Waals surface area contributed by atoms with Crippen molar-refractivity contribution in [3.8, 4) is 23.0 Å². The highest BCUT2D eigenvalue weighted by atomic mass is 16.5. The summed E-state index contributed by atoms with van der Waals surface area (Å²) in [5.41, 5.74) is 3.87. The SMILES string of the molecule is Cc1cccc(-c2cnc(C(=O)C3Cc4ccc(Oc5ccccc5)cc4C3)o2)n1.O=C=O. The number of nitrogens with zero attached hydrogens (tertiary/aromatic N) is 2. The fourth-order valence-corrected chi connectivity index (χ4v) is 3.83. The third-order valence-electron chi connectivity index (χ3n) is 5.32. The number of Topliss-reactive ketones (excluding diaryl/α,β-unsaturated/α-hetero) is 1. The fourth-order valence-electron chi connectivity index (χ4n) is 3.83. The number of ketones is 1. The molecule has 0 saturated heterocycles. The van der Waals surface area contributed by atoms with Crippen LogP contribution >= 0.6 is 0 Å². The van der Waals surface area contributed by atoms with Gasteiger partial charge in [-0.2, -0.15) is 9.59 Å². The van der Waals surface area contributed by atoms with E-state index in [1.807, 2.05) is 73.7 Å². The highest BCUT2D eigenvalue weighted by molar-refractivity contribution is 5.95. The molecule has 33 heavy (non-hydrogen) atoms. The van der Waals surface area contributed by atoms with E-state index in [1.165, 1.54) is 5.56 Å². The van der Waals surface area contributed by atoms with Crippen molar-refractivity contribution in [2.75, 3.05) is 0 Å². The molecule has 1 atom stereocenters. The molecule has 2 aromatic carbocycles. The van der Waals surface area contributed by atoms with Gasteiger partial charge in [-0.1, -0.05) is 30.3 Å². The molecule has 7 heteroatoms. The van der Waals surface area contributed by atoms with Crippen molar-refractivity contribution in [1.82, 2.24) is 9.97 Å². The largest absolute Gasteiger partial charge is 0.457 e. The Morgan fingerprint density at radius 1 is 0.970 bits per heavy atom. The van der Waals surface area contributed by atoms with Gasteiger partial charge in [-0.15, -0.1) is 0 Å². The van der Waals surface area contributed by atoms with Crippen molar-refractivity contribution in [3.63, 3.8) is 0 Å². The number of carbonyl (C=O) groups excluding carboxylic acids is 3. The van der Waals surface area contributed by atoms with Gasteiger partial charge >= 0.3 is 6.15 Å². The number of rotatable bonds is 5. The molecule has 0 fully saturated rings. The Labute approximate surface area is 190 Å². The average Bonchev–Trinajstić information content (AvgIpc) is 3.47. The number of fused-ring (bicyclic) bond motifs is 1. The summed E-state index contributed by atoms with van der Waals surface area (Å²) in [5, 5.41) is 0. The van der Waals surface area contributed by atoms with E-state index in [0.29, 0.717) is 24.3 Å². The summed E-state index contributed by atoms with van der Waals surface area (Å²) in [5.74, 6) is 1.97. The van der Waals surface area contributed by atoms with Gasteiger partial charge in [0.25, 0.3) is 5.89 Å². The molecule has 1 aliphatic carbocycles. The van der Waals surface area contributed by atoms with Crippen LogP contribution in [0.5, 0.6) is 11.5 Å². The van der Waals surface area contributed by atoms with Crippen molar-refractivity contribution in [3.05, 3.63) is 95.6 Å². The van der Waals surface area contributed by atoms with Crippen LogP contribution in [-0.4, -0.2) is 21.9 Å². The van der Waals surface area contributed by atoms with E-state index in [9.17, 15) is 4.79 Å². The molecule has 164 valence electrons. The fraction of sp³-hybridized carbons (Fsp3) is 0.154. The first-order valence-corrected chi connectivity index (χ1v) is 10.4. The Morgan fingerprint density at radius 3 is 2.48 bits per heavy atom. The molecule has 0 amide bonds. The van der Waals surface area contributed by atoms with Crippen LogP contribution in [0.25, 0.3) is 11.5 Å². The van der Waals surface area contributed by atoms with Crippen LogP contribution in [0, 0.1) is 12.8 Å². The van der Waals surface area contributed by atoms with Crippen LogP contribution in [0.3, 0.4) is 0 Å². The summed E-state index contributed by atoms with van der Waals surface area (Å²) in [6.45, 7) is 1.91. The highest BCUT2D eigenvalue weighted by Gasteiger charge is 2.31. The monoisotopic (exact) mass is 440 g/mol. The maximum Gasteiger partial charge on any atom is 0.373 e. The molecule has 0 saturated carbocycles. The zero-order chi connectivity index (χ0) is 23.2. The normalized spacial score (nSPS) is 13.9. The lowest BCUT2D eigenvalue weighted by atomic mass is 10.0. The molecule has 2 heterocycles. The summed E-state index contributed by atoms with van der Waals surface area (Å²) < 4.78 is 11.7. The zero-order valence-electron chi connectivity index (χ0n) is 17.9. The predicted molar refractivity (Wildman–Crippen MR) is 118 cm³/mol. The minimum absolute atomic E-state index is 0.0735. The number of aryl methyl sites for hydroxylation is 1. The predicted octanol–water partition coefficient (Wildman–Crippen LogP) is 4.85. The zero-order valence-corrected chi connectivity index (χ0v) is 17.9. The van der Waals surface area contributed by atoms with Crippen molar-refractivity contribution < 1.29 is 23.5 Å². The van der Waals surface area contributed by atoms with Crippen molar-refractivity contribution in [1.29, 1.82) is 0 Å². The Morgan fingerprint density at radius 2 is 1.73 bits per heavy atom. The molecule has 5 rings (SSSR count). The Bertz CT molecular complexity index is 1310. The minimum atomic E-state index is -0.177. The Balaban J connectivity index is 0.000000821. The van der Waals surface area contributed by atoms with E-state index in [0.717, 1.165) is 22.8 Å².